The van der Waals surface area contributed by atoms with Gasteiger partial charge in [0, 0.05) is 0 Å². The largest absolute Gasteiger partial charge is 0.301 e. The van der Waals surface area contributed by atoms with Crippen LogP contribution in [0.15, 0.2) is 72.2 Å². The Labute approximate surface area is 128 Å². The molecule has 1 N–H and O–H groups in total. The molecule has 0 heterocycles. The summed E-state index contributed by atoms with van der Waals surface area (Å²) in [7, 11) is -1.26. The van der Waals surface area contributed by atoms with Crippen molar-refractivity contribution in [3.05, 3.63) is 78.4 Å². The van der Waals surface area contributed by atoms with E-state index in [2.05, 4.69) is 11.3 Å². The minimum Gasteiger partial charge on any atom is -0.301 e. The van der Waals surface area contributed by atoms with Crippen LogP contribution < -0.4 is 4.72 Å². The lowest BCUT2D eigenvalue weighted by Crippen LogP contribution is -2.05. The van der Waals surface area contributed by atoms with Crippen molar-refractivity contribution in [3.8, 4) is 0 Å². The number of hydrogen-bond acceptors (Lipinski definition) is 1. The molecule has 0 saturated carbocycles. The van der Waals surface area contributed by atoms with Crippen LogP contribution in [0.5, 0.6) is 0 Å². The first-order valence-electron chi connectivity index (χ1n) is 6.82. The lowest BCUT2D eigenvalue weighted by Gasteiger charge is -2.09. The first kappa shape index (κ1) is 15.3. The Balaban J connectivity index is 2.17. The zero-order valence-corrected chi connectivity index (χ0v) is 12.9. The molecular weight excluding hydrogens is 278 g/mol. The normalized spacial score (nSPS) is 12.2. The Morgan fingerprint density at radius 1 is 1.14 bits per heavy atom. The first-order valence-corrected chi connectivity index (χ1v) is 7.97. The van der Waals surface area contributed by atoms with E-state index >= 15 is 0 Å². The van der Waals surface area contributed by atoms with Gasteiger partial charge in [0.25, 0.3) is 0 Å². The molecule has 0 fully saturated rings. The second kappa shape index (κ2) is 7.60. The molecule has 0 amide bonds. The first-order chi connectivity index (χ1) is 10.2. The maximum atomic E-state index is 12.4. The molecule has 0 aliphatic rings. The van der Waals surface area contributed by atoms with Crippen LogP contribution in [-0.2, 0) is 11.0 Å². The van der Waals surface area contributed by atoms with Crippen LogP contribution in [0.2, 0.25) is 0 Å². The summed E-state index contributed by atoms with van der Waals surface area (Å²) in [5.74, 6) is 0. The van der Waals surface area contributed by atoms with Crippen LogP contribution in [0.4, 0.5) is 5.69 Å². The highest BCUT2D eigenvalue weighted by molar-refractivity contribution is 7.86. The van der Waals surface area contributed by atoms with E-state index in [1.165, 1.54) is 0 Å². The predicted octanol–water partition coefficient (Wildman–Crippen LogP) is 4.72. The molecule has 2 aromatic rings. The van der Waals surface area contributed by atoms with E-state index in [9.17, 15) is 4.21 Å². The van der Waals surface area contributed by atoms with Gasteiger partial charge in [-0.3, -0.25) is 0 Å². The monoisotopic (exact) mass is 297 g/mol. The summed E-state index contributed by atoms with van der Waals surface area (Å²) in [6.07, 6.45) is 6.70. The van der Waals surface area contributed by atoms with E-state index in [0.717, 1.165) is 28.1 Å². The van der Waals surface area contributed by atoms with Gasteiger partial charge in [-0.2, -0.15) is 0 Å². The summed E-state index contributed by atoms with van der Waals surface area (Å²) >= 11 is 0. The second-order valence-corrected chi connectivity index (χ2v) is 5.91. The van der Waals surface area contributed by atoms with Crippen molar-refractivity contribution in [2.75, 3.05) is 4.72 Å². The SMILES string of the molecule is C=CC/C=C\c1ccccc1NS(=O)c1ccc(C)cc1. The van der Waals surface area contributed by atoms with Crippen molar-refractivity contribution < 1.29 is 4.21 Å². The zero-order valence-electron chi connectivity index (χ0n) is 12.1. The Bertz CT molecular complexity index is 659. The predicted molar refractivity (Wildman–Crippen MR) is 91.5 cm³/mol. The van der Waals surface area contributed by atoms with Crippen molar-refractivity contribution in [1.82, 2.24) is 0 Å². The summed E-state index contributed by atoms with van der Waals surface area (Å²) in [6.45, 7) is 5.71. The van der Waals surface area contributed by atoms with Gasteiger partial charge in [0.1, 0.15) is 11.0 Å². The molecule has 0 aromatic heterocycles. The van der Waals surface area contributed by atoms with Crippen molar-refractivity contribution in [1.29, 1.82) is 0 Å². The number of hydrogen-bond donors (Lipinski definition) is 1. The molecule has 0 bridgehead atoms. The molecule has 3 heteroatoms. The minimum absolute atomic E-state index is 0.769. The molecule has 1 unspecified atom stereocenters. The Kier molecular flexibility index (Phi) is 5.52. The Morgan fingerprint density at radius 2 is 1.86 bits per heavy atom. The van der Waals surface area contributed by atoms with E-state index in [-0.39, 0.29) is 0 Å². The fourth-order valence-electron chi connectivity index (χ4n) is 1.85. The molecule has 0 saturated heterocycles. The quantitative estimate of drug-likeness (QED) is 0.768. The molecular formula is C18H19NOS. The highest BCUT2D eigenvalue weighted by Crippen LogP contribution is 2.20. The molecule has 2 rings (SSSR count). The third-order valence-corrected chi connectivity index (χ3v) is 4.10. The maximum Gasteiger partial charge on any atom is 0.150 e. The number of nitrogens with one attached hydrogen (secondary N) is 1. The highest BCUT2D eigenvalue weighted by Gasteiger charge is 2.05. The van der Waals surface area contributed by atoms with Crippen molar-refractivity contribution >= 4 is 22.7 Å². The molecule has 108 valence electrons. The number of para-hydroxylation sites is 1. The summed E-state index contributed by atoms with van der Waals surface area (Å²) in [4.78, 5) is 0.769. The summed E-state index contributed by atoms with van der Waals surface area (Å²) in [5.41, 5.74) is 3.03. The topological polar surface area (TPSA) is 29.1 Å². The van der Waals surface area contributed by atoms with E-state index < -0.39 is 11.0 Å². The van der Waals surface area contributed by atoms with Gasteiger partial charge in [-0.1, -0.05) is 54.1 Å². The van der Waals surface area contributed by atoms with E-state index in [0.29, 0.717) is 0 Å². The maximum absolute atomic E-state index is 12.4. The zero-order chi connectivity index (χ0) is 15.1. The van der Waals surface area contributed by atoms with Crippen LogP contribution >= 0.6 is 0 Å². The Morgan fingerprint density at radius 3 is 2.57 bits per heavy atom. The van der Waals surface area contributed by atoms with Gasteiger partial charge in [-0.15, -0.1) is 6.58 Å². The fraction of sp³-hybridized carbons (Fsp3) is 0.111. The highest BCUT2D eigenvalue weighted by atomic mass is 32.2. The third kappa shape index (κ3) is 4.43. The van der Waals surface area contributed by atoms with E-state index in [1.807, 2.05) is 73.7 Å². The molecule has 2 nitrogen and oxygen atoms in total. The summed E-state index contributed by atoms with van der Waals surface area (Å²) < 4.78 is 15.4. The van der Waals surface area contributed by atoms with Crippen LogP contribution in [0.1, 0.15) is 17.5 Å². The number of allylic oxidation sites excluding steroid dienone is 2. The fourth-order valence-corrected chi connectivity index (χ4v) is 2.73. The summed E-state index contributed by atoms with van der Waals surface area (Å²) in [5, 5.41) is 0. The molecule has 21 heavy (non-hydrogen) atoms. The standard InChI is InChI=1S/C18H19NOS/c1-3-4-5-8-16-9-6-7-10-18(16)19-21(20)17-13-11-15(2)12-14-17/h3,5-14,19H,1,4H2,2H3/b8-5-. The van der Waals surface area contributed by atoms with Crippen LogP contribution in [0, 0.1) is 6.92 Å². The van der Waals surface area contributed by atoms with Crippen molar-refractivity contribution in [2.24, 2.45) is 0 Å². The lowest BCUT2D eigenvalue weighted by molar-refractivity contribution is 0.686. The lowest BCUT2D eigenvalue weighted by atomic mass is 10.1. The van der Waals surface area contributed by atoms with Gasteiger partial charge in [0.05, 0.1) is 10.6 Å². The molecule has 2 aromatic carbocycles. The van der Waals surface area contributed by atoms with Gasteiger partial charge in [0.15, 0.2) is 0 Å². The van der Waals surface area contributed by atoms with Crippen LogP contribution in [-0.4, -0.2) is 4.21 Å². The minimum atomic E-state index is -1.26. The number of aryl methyl sites for hydroxylation is 1. The van der Waals surface area contributed by atoms with Crippen LogP contribution in [0.25, 0.3) is 6.08 Å². The van der Waals surface area contributed by atoms with Gasteiger partial charge in [-0.05, 0) is 37.1 Å². The van der Waals surface area contributed by atoms with E-state index in [1.54, 1.807) is 0 Å². The smallest absolute Gasteiger partial charge is 0.150 e. The van der Waals surface area contributed by atoms with Gasteiger partial charge >= 0.3 is 0 Å². The molecule has 0 spiro atoms. The number of rotatable bonds is 6. The molecule has 0 aliphatic heterocycles. The van der Waals surface area contributed by atoms with Gasteiger partial charge in [-0.25, -0.2) is 4.21 Å². The number of benzene rings is 2. The number of anilines is 1. The van der Waals surface area contributed by atoms with Gasteiger partial charge < -0.3 is 4.72 Å². The average Bonchev–Trinajstić information content (AvgIpc) is 2.50. The van der Waals surface area contributed by atoms with E-state index in [4.69, 9.17) is 0 Å². The Hall–Kier alpha value is -2.13. The second-order valence-electron chi connectivity index (χ2n) is 4.70. The average molecular weight is 297 g/mol. The van der Waals surface area contributed by atoms with Crippen molar-refractivity contribution in [3.63, 3.8) is 0 Å². The molecule has 1 atom stereocenters. The molecule has 0 radical (unpaired) electrons. The van der Waals surface area contributed by atoms with Crippen LogP contribution in [0.3, 0.4) is 0 Å². The summed E-state index contributed by atoms with van der Waals surface area (Å²) in [6, 6.07) is 15.5. The third-order valence-electron chi connectivity index (χ3n) is 3.00. The molecule has 0 aliphatic carbocycles. The van der Waals surface area contributed by atoms with Crippen molar-refractivity contribution in [2.45, 2.75) is 18.2 Å². The van der Waals surface area contributed by atoms with Gasteiger partial charge in [0.2, 0.25) is 0 Å².